The van der Waals surface area contributed by atoms with Gasteiger partial charge in [-0.1, -0.05) is 18.2 Å². The molecule has 3 rings (SSSR count). The van der Waals surface area contributed by atoms with Crippen molar-refractivity contribution < 1.29 is 4.74 Å². The summed E-state index contributed by atoms with van der Waals surface area (Å²) in [5, 5.41) is 7.73. The summed E-state index contributed by atoms with van der Waals surface area (Å²) in [5.74, 6) is 2.58. The molecule has 1 N–H and O–H groups in total. The molecule has 2 heterocycles. The van der Waals surface area contributed by atoms with E-state index in [1.165, 1.54) is 12.0 Å². The number of ether oxygens (including phenoxy) is 1. The van der Waals surface area contributed by atoms with Gasteiger partial charge in [-0.2, -0.15) is 5.10 Å². The second kappa shape index (κ2) is 9.62. The first kappa shape index (κ1) is 20.2. The molecule has 1 aliphatic rings. The number of rotatable bonds is 7. The molecule has 152 valence electrons. The number of aromatic nitrogens is 2. The summed E-state index contributed by atoms with van der Waals surface area (Å²) in [6, 6.07) is 8.13. The highest BCUT2D eigenvalue weighted by atomic mass is 16.5. The van der Waals surface area contributed by atoms with Crippen LogP contribution in [0.5, 0.6) is 5.75 Å². The molecule has 0 radical (unpaired) electrons. The van der Waals surface area contributed by atoms with E-state index in [0.29, 0.717) is 12.5 Å². The van der Waals surface area contributed by atoms with E-state index in [1.54, 1.807) is 0 Å². The molecular weight excluding hydrogens is 350 g/mol. The highest BCUT2D eigenvalue weighted by Crippen LogP contribution is 2.21. The topological polar surface area (TPSA) is 54.7 Å². The standard InChI is InChI=1S/C22H33N5O/c1-5-23-22(24-13-18(3)28-21-9-7-6-8-17(21)2)27-11-10-19(16-27)12-20-14-25-26(4)15-20/h6-9,14-15,18-19H,5,10-13,16H2,1-4H3,(H,23,24). The van der Waals surface area contributed by atoms with Crippen molar-refractivity contribution >= 4 is 5.96 Å². The molecule has 1 aromatic heterocycles. The molecular formula is C22H33N5O. The van der Waals surface area contributed by atoms with E-state index in [4.69, 9.17) is 9.73 Å². The molecule has 1 fully saturated rings. The SMILES string of the molecule is CCNC(=NCC(C)Oc1ccccc1C)N1CCC(Cc2cnn(C)c2)C1. The second-order valence-corrected chi connectivity index (χ2v) is 7.72. The van der Waals surface area contributed by atoms with Crippen molar-refractivity contribution in [1.29, 1.82) is 0 Å². The first-order valence-electron chi connectivity index (χ1n) is 10.3. The Kier molecular flexibility index (Phi) is 6.95. The maximum absolute atomic E-state index is 6.08. The summed E-state index contributed by atoms with van der Waals surface area (Å²) < 4.78 is 7.95. The first-order chi connectivity index (χ1) is 13.5. The number of hydrogen-bond acceptors (Lipinski definition) is 3. The van der Waals surface area contributed by atoms with E-state index < -0.39 is 0 Å². The Morgan fingerprint density at radius 1 is 1.39 bits per heavy atom. The first-order valence-corrected chi connectivity index (χ1v) is 10.3. The van der Waals surface area contributed by atoms with Crippen LogP contribution in [-0.2, 0) is 13.5 Å². The molecule has 0 bridgehead atoms. The summed E-state index contributed by atoms with van der Waals surface area (Å²) in [6.45, 7) is 9.86. The molecule has 1 saturated heterocycles. The molecule has 1 aliphatic heterocycles. The number of hydrogen-bond donors (Lipinski definition) is 1. The Morgan fingerprint density at radius 3 is 2.93 bits per heavy atom. The number of aryl methyl sites for hydroxylation is 2. The Bertz CT molecular complexity index is 785. The van der Waals surface area contributed by atoms with Gasteiger partial charge in [0.1, 0.15) is 11.9 Å². The van der Waals surface area contributed by atoms with E-state index >= 15 is 0 Å². The van der Waals surface area contributed by atoms with Crippen LogP contribution in [0.4, 0.5) is 0 Å². The molecule has 0 aliphatic carbocycles. The molecule has 0 spiro atoms. The normalized spacial score (nSPS) is 18.4. The van der Waals surface area contributed by atoms with Crippen LogP contribution >= 0.6 is 0 Å². The number of likely N-dealkylation sites (tertiary alicyclic amines) is 1. The Balaban J connectivity index is 1.55. The Labute approximate surface area is 168 Å². The average molecular weight is 384 g/mol. The third-order valence-electron chi connectivity index (χ3n) is 5.12. The van der Waals surface area contributed by atoms with Gasteiger partial charge >= 0.3 is 0 Å². The van der Waals surface area contributed by atoms with Gasteiger partial charge < -0.3 is 15.0 Å². The van der Waals surface area contributed by atoms with Crippen LogP contribution < -0.4 is 10.1 Å². The van der Waals surface area contributed by atoms with Gasteiger partial charge in [0.25, 0.3) is 0 Å². The summed E-state index contributed by atoms with van der Waals surface area (Å²) in [5.41, 5.74) is 2.47. The van der Waals surface area contributed by atoms with Crippen LogP contribution in [0.3, 0.4) is 0 Å². The van der Waals surface area contributed by atoms with Gasteiger partial charge in [0.15, 0.2) is 5.96 Å². The van der Waals surface area contributed by atoms with Crippen molar-refractivity contribution in [3.63, 3.8) is 0 Å². The predicted octanol–water partition coefficient (Wildman–Crippen LogP) is 3.03. The van der Waals surface area contributed by atoms with Crippen LogP contribution in [-0.4, -0.2) is 52.9 Å². The van der Waals surface area contributed by atoms with Crippen LogP contribution in [0.25, 0.3) is 0 Å². The fraction of sp³-hybridized carbons (Fsp3) is 0.545. The lowest BCUT2D eigenvalue weighted by Gasteiger charge is -2.22. The summed E-state index contributed by atoms with van der Waals surface area (Å²) in [7, 11) is 1.97. The van der Waals surface area contributed by atoms with Gasteiger partial charge in [-0.05, 0) is 56.7 Å². The highest BCUT2D eigenvalue weighted by Gasteiger charge is 2.25. The maximum atomic E-state index is 6.08. The van der Waals surface area contributed by atoms with Gasteiger partial charge in [0, 0.05) is 32.9 Å². The van der Waals surface area contributed by atoms with Gasteiger partial charge in [-0.3, -0.25) is 4.68 Å². The number of nitrogens with one attached hydrogen (secondary N) is 1. The third kappa shape index (κ3) is 5.50. The van der Waals surface area contributed by atoms with Gasteiger partial charge in [0.2, 0.25) is 0 Å². The maximum Gasteiger partial charge on any atom is 0.194 e. The van der Waals surface area contributed by atoms with E-state index in [-0.39, 0.29) is 6.10 Å². The average Bonchev–Trinajstić information content (AvgIpc) is 3.30. The van der Waals surface area contributed by atoms with Crippen molar-refractivity contribution in [2.24, 2.45) is 18.0 Å². The smallest absolute Gasteiger partial charge is 0.194 e. The fourth-order valence-electron chi connectivity index (χ4n) is 3.69. The van der Waals surface area contributed by atoms with Crippen LogP contribution in [0.2, 0.25) is 0 Å². The number of nitrogens with zero attached hydrogens (tertiary/aromatic N) is 4. The molecule has 2 aromatic rings. The lowest BCUT2D eigenvalue weighted by atomic mass is 10.0. The van der Waals surface area contributed by atoms with Crippen molar-refractivity contribution in [2.45, 2.75) is 39.7 Å². The lowest BCUT2D eigenvalue weighted by molar-refractivity contribution is 0.228. The zero-order valence-corrected chi connectivity index (χ0v) is 17.6. The van der Waals surface area contributed by atoms with Gasteiger partial charge in [-0.25, -0.2) is 4.99 Å². The predicted molar refractivity (Wildman–Crippen MR) is 114 cm³/mol. The zero-order valence-electron chi connectivity index (χ0n) is 17.6. The van der Waals surface area contributed by atoms with Crippen molar-refractivity contribution in [3.8, 4) is 5.75 Å². The Morgan fingerprint density at radius 2 is 2.21 bits per heavy atom. The molecule has 0 saturated carbocycles. The Hall–Kier alpha value is -2.50. The van der Waals surface area contributed by atoms with Crippen LogP contribution in [0.15, 0.2) is 41.7 Å². The van der Waals surface area contributed by atoms with Gasteiger partial charge in [-0.15, -0.1) is 0 Å². The lowest BCUT2D eigenvalue weighted by Crippen LogP contribution is -2.40. The monoisotopic (exact) mass is 383 g/mol. The highest BCUT2D eigenvalue weighted by molar-refractivity contribution is 5.80. The summed E-state index contributed by atoms with van der Waals surface area (Å²) in [6.07, 6.45) is 6.40. The molecule has 0 amide bonds. The summed E-state index contributed by atoms with van der Waals surface area (Å²) >= 11 is 0. The van der Waals surface area contributed by atoms with Crippen molar-refractivity contribution in [2.75, 3.05) is 26.2 Å². The molecule has 6 heteroatoms. The van der Waals surface area contributed by atoms with Crippen LogP contribution in [0.1, 0.15) is 31.4 Å². The molecule has 2 unspecified atom stereocenters. The molecule has 1 aromatic carbocycles. The minimum absolute atomic E-state index is 0.0311. The number of guanidine groups is 1. The minimum Gasteiger partial charge on any atom is -0.489 e. The van der Waals surface area contributed by atoms with Crippen molar-refractivity contribution in [3.05, 3.63) is 47.8 Å². The van der Waals surface area contributed by atoms with Crippen molar-refractivity contribution in [1.82, 2.24) is 20.0 Å². The van der Waals surface area contributed by atoms with E-state index in [1.807, 2.05) is 36.1 Å². The number of benzene rings is 1. The van der Waals surface area contributed by atoms with E-state index in [9.17, 15) is 0 Å². The number of aliphatic imine (C=N–C) groups is 1. The largest absolute Gasteiger partial charge is 0.489 e. The zero-order chi connectivity index (χ0) is 19.9. The van der Waals surface area contributed by atoms with Gasteiger partial charge in [0.05, 0.1) is 12.7 Å². The van der Waals surface area contributed by atoms with E-state index in [2.05, 4.69) is 48.3 Å². The fourth-order valence-corrected chi connectivity index (χ4v) is 3.69. The van der Waals surface area contributed by atoms with E-state index in [0.717, 1.165) is 43.3 Å². The molecule has 28 heavy (non-hydrogen) atoms. The van der Waals surface area contributed by atoms with Crippen LogP contribution in [0, 0.1) is 12.8 Å². The second-order valence-electron chi connectivity index (χ2n) is 7.72. The number of para-hydroxylation sites is 1. The molecule has 6 nitrogen and oxygen atoms in total. The minimum atomic E-state index is 0.0311. The third-order valence-corrected chi connectivity index (χ3v) is 5.12. The molecule has 2 atom stereocenters. The quantitative estimate of drug-likeness (QED) is 0.590. The summed E-state index contributed by atoms with van der Waals surface area (Å²) in [4.78, 5) is 7.24.